The van der Waals surface area contributed by atoms with Crippen LogP contribution in [0.25, 0.3) is 0 Å². The average Bonchev–Trinajstić information content (AvgIpc) is 3.78. The van der Waals surface area contributed by atoms with E-state index >= 15 is 0 Å². The number of benzene rings is 3. The third-order valence-corrected chi connectivity index (χ3v) is 7.04. The molecule has 0 aliphatic heterocycles. The van der Waals surface area contributed by atoms with E-state index in [9.17, 15) is 18.0 Å². The normalized spacial score (nSPS) is 14.4. The Morgan fingerprint density at radius 1 is 1.02 bits per heavy atom. The van der Waals surface area contributed by atoms with Gasteiger partial charge in [-0.05, 0) is 84.3 Å². The number of nitrogens with one attached hydrogen (secondary N) is 3. The lowest BCUT2D eigenvalue weighted by atomic mass is 9.92. The first-order valence-electron chi connectivity index (χ1n) is 13.9. The first-order chi connectivity index (χ1) is 19.7. The molecule has 1 aliphatic carbocycles. The summed E-state index contributed by atoms with van der Waals surface area (Å²) in [5, 5.41) is 9.32. The molecule has 0 heterocycles. The van der Waals surface area contributed by atoms with E-state index < -0.39 is 17.7 Å². The van der Waals surface area contributed by atoms with Crippen LogP contribution in [-0.4, -0.2) is 18.6 Å². The van der Waals surface area contributed by atoms with E-state index in [1.54, 1.807) is 30.3 Å². The second-order valence-electron chi connectivity index (χ2n) is 10.4. The van der Waals surface area contributed by atoms with Gasteiger partial charge in [-0.15, -0.1) is 0 Å². The highest BCUT2D eigenvalue weighted by Crippen LogP contribution is 2.32. The van der Waals surface area contributed by atoms with Crippen molar-refractivity contribution in [3.63, 3.8) is 0 Å². The van der Waals surface area contributed by atoms with E-state index in [0.29, 0.717) is 17.3 Å². The molecular weight excluding hydrogens is 525 g/mol. The van der Waals surface area contributed by atoms with Crippen LogP contribution in [-0.2, 0) is 17.8 Å². The lowest BCUT2D eigenvalue weighted by Crippen LogP contribution is -2.26. The van der Waals surface area contributed by atoms with Gasteiger partial charge in [0.2, 0.25) is 0 Å². The van der Waals surface area contributed by atoms with Crippen LogP contribution >= 0.6 is 0 Å². The van der Waals surface area contributed by atoms with E-state index in [1.807, 2.05) is 30.3 Å². The third-order valence-electron chi connectivity index (χ3n) is 7.04. The van der Waals surface area contributed by atoms with Crippen molar-refractivity contribution in [1.82, 2.24) is 5.32 Å². The number of anilines is 2. The van der Waals surface area contributed by atoms with Crippen LogP contribution < -0.4 is 21.7 Å². The van der Waals surface area contributed by atoms with Gasteiger partial charge < -0.3 is 21.7 Å². The summed E-state index contributed by atoms with van der Waals surface area (Å²) in [5.41, 5.74) is 9.36. The number of carbonyl (C=O) groups excluding carboxylic acids is 1. The molecular formula is C33H37F3N4O. The molecule has 0 aromatic heterocycles. The van der Waals surface area contributed by atoms with Gasteiger partial charge in [0.25, 0.3) is 5.91 Å². The lowest BCUT2D eigenvalue weighted by Gasteiger charge is -2.23. The minimum Gasteiger partial charge on any atom is -0.351 e. The second-order valence-corrected chi connectivity index (χ2v) is 10.4. The fourth-order valence-electron chi connectivity index (χ4n) is 4.67. The minimum atomic E-state index is -4.68. The number of amides is 1. The quantitative estimate of drug-likeness (QED) is 0.131. The van der Waals surface area contributed by atoms with Crippen molar-refractivity contribution >= 4 is 17.3 Å². The molecule has 1 saturated carbocycles. The molecule has 5 N–H and O–H groups in total. The predicted molar refractivity (Wildman–Crippen MR) is 159 cm³/mol. The number of hydrogen-bond donors (Lipinski definition) is 4. The summed E-state index contributed by atoms with van der Waals surface area (Å²) >= 11 is 0. The molecule has 1 fully saturated rings. The van der Waals surface area contributed by atoms with Gasteiger partial charge in [0, 0.05) is 17.9 Å². The van der Waals surface area contributed by atoms with E-state index in [1.165, 1.54) is 24.0 Å². The Kier molecular flexibility index (Phi) is 10.0. The number of hydrogen-bond acceptors (Lipinski definition) is 4. The molecule has 0 spiro atoms. The molecule has 5 nitrogen and oxygen atoms in total. The Labute approximate surface area is 239 Å². The topological polar surface area (TPSA) is 79.2 Å². The van der Waals surface area contributed by atoms with Crippen molar-refractivity contribution in [2.75, 3.05) is 17.2 Å². The van der Waals surface area contributed by atoms with Gasteiger partial charge in [-0.25, -0.2) is 0 Å². The Hall–Kier alpha value is -3.88. The zero-order valence-corrected chi connectivity index (χ0v) is 23.2. The average molecular weight is 563 g/mol. The van der Waals surface area contributed by atoms with Gasteiger partial charge in [-0.2, -0.15) is 13.2 Å². The first-order valence-corrected chi connectivity index (χ1v) is 13.9. The number of allylic oxidation sites excluding steroid dienone is 2. The fraction of sp³-hybridized carbons (Fsp3) is 0.303. The highest BCUT2D eigenvalue weighted by atomic mass is 19.4. The van der Waals surface area contributed by atoms with Crippen LogP contribution in [0.4, 0.5) is 24.5 Å². The Balaban J connectivity index is 1.62. The summed E-state index contributed by atoms with van der Waals surface area (Å²) in [5.74, 6) is -0.0587. The van der Waals surface area contributed by atoms with Crippen LogP contribution in [0, 0.1) is 5.92 Å². The van der Waals surface area contributed by atoms with Gasteiger partial charge in [0.05, 0.1) is 11.6 Å². The van der Waals surface area contributed by atoms with Crippen LogP contribution in [0.1, 0.15) is 54.5 Å². The minimum absolute atomic E-state index is 0.0904. The largest absolute Gasteiger partial charge is 0.415 e. The van der Waals surface area contributed by atoms with Crippen molar-refractivity contribution in [2.24, 2.45) is 11.7 Å². The second kappa shape index (κ2) is 13.7. The molecule has 0 bridgehead atoms. The molecule has 0 radical (unpaired) electrons. The van der Waals surface area contributed by atoms with Gasteiger partial charge >= 0.3 is 6.18 Å². The predicted octanol–water partition coefficient (Wildman–Crippen LogP) is 7.24. The summed E-state index contributed by atoms with van der Waals surface area (Å²) in [4.78, 5) is 13.4. The molecule has 216 valence electrons. The SMILES string of the molecule is C=C(/C=C(\Nc1cccc(CN)c1)C(=O)Nc1cccc(C(NCC2CC2)c2ccccc2CCC)c1)C(F)(F)F. The molecule has 41 heavy (non-hydrogen) atoms. The van der Waals surface area contributed by atoms with Crippen LogP contribution in [0.3, 0.4) is 0 Å². The number of aryl methyl sites for hydroxylation is 1. The molecule has 8 heteroatoms. The number of carbonyl (C=O) groups is 1. The molecule has 1 atom stereocenters. The highest BCUT2D eigenvalue weighted by molar-refractivity contribution is 6.06. The summed E-state index contributed by atoms with van der Waals surface area (Å²) in [6.45, 7) is 6.40. The van der Waals surface area contributed by atoms with Gasteiger partial charge in [0.1, 0.15) is 5.70 Å². The first kappa shape index (κ1) is 30.1. The third kappa shape index (κ3) is 8.55. The Bertz CT molecular complexity index is 1390. The highest BCUT2D eigenvalue weighted by Gasteiger charge is 2.31. The van der Waals surface area contributed by atoms with Gasteiger partial charge in [-0.3, -0.25) is 4.79 Å². The van der Waals surface area contributed by atoms with Crippen LogP contribution in [0.5, 0.6) is 0 Å². The van der Waals surface area contributed by atoms with Crippen molar-refractivity contribution in [1.29, 1.82) is 0 Å². The molecule has 0 saturated heterocycles. The lowest BCUT2D eigenvalue weighted by molar-refractivity contribution is -0.112. The van der Waals surface area contributed by atoms with Crippen molar-refractivity contribution in [3.05, 3.63) is 119 Å². The number of alkyl halides is 3. The summed E-state index contributed by atoms with van der Waals surface area (Å²) < 4.78 is 40.1. The zero-order chi connectivity index (χ0) is 29.4. The fourth-order valence-corrected chi connectivity index (χ4v) is 4.67. The summed E-state index contributed by atoms with van der Waals surface area (Å²) in [6.07, 6.45) is 0.427. The maximum atomic E-state index is 13.4. The number of nitrogens with two attached hydrogens (primary N) is 1. The van der Waals surface area contributed by atoms with E-state index in [2.05, 4.69) is 41.6 Å². The summed E-state index contributed by atoms with van der Waals surface area (Å²) in [6, 6.07) is 22.5. The van der Waals surface area contributed by atoms with Crippen molar-refractivity contribution in [2.45, 2.75) is 51.4 Å². The molecule has 1 amide bonds. The van der Waals surface area contributed by atoms with Crippen LogP contribution in [0.15, 0.2) is 96.7 Å². The smallest absolute Gasteiger partial charge is 0.351 e. The number of halogens is 3. The van der Waals surface area contributed by atoms with Crippen LogP contribution in [0.2, 0.25) is 0 Å². The monoisotopic (exact) mass is 562 g/mol. The van der Waals surface area contributed by atoms with E-state index in [0.717, 1.165) is 36.6 Å². The van der Waals surface area contributed by atoms with Gasteiger partial charge in [0.15, 0.2) is 0 Å². The summed E-state index contributed by atoms with van der Waals surface area (Å²) in [7, 11) is 0. The molecule has 1 unspecified atom stereocenters. The standard InChI is InChI=1S/C33H37F3N4O/c1-3-8-25-10-4-5-14-29(25)31(38-21-23-15-16-23)26-11-7-13-28(19-26)40-32(41)30(17-22(2)33(34,35)36)39-27-12-6-9-24(18-27)20-37/h4-7,9-14,17-19,23,31,38-39H,2-3,8,15-16,20-21,37H2,1H3,(H,40,41)/b30-17-. The van der Waals surface area contributed by atoms with Crippen molar-refractivity contribution < 1.29 is 18.0 Å². The Morgan fingerprint density at radius 3 is 2.41 bits per heavy atom. The maximum Gasteiger partial charge on any atom is 0.415 e. The Morgan fingerprint density at radius 2 is 1.73 bits per heavy atom. The van der Waals surface area contributed by atoms with E-state index in [4.69, 9.17) is 5.73 Å². The molecule has 3 aromatic rings. The van der Waals surface area contributed by atoms with E-state index in [-0.39, 0.29) is 18.3 Å². The van der Waals surface area contributed by atoms with Gasteiger partial charge in [-0.1, -0.05) is 68.5 Å². The molecule has 3 aromatic carbocycles. The molecule has 1 aliphatic rings. The molecule has 4 rings (SSSR count). The van der Waals surface area contributed by atoms with Crippen molar-refractivity contribution in [3.8, 4) is 0 Å². The number of rotatable bonds is 13. The zero-order valence-electron chi connectivity index (χ0n) is 23.2. The maximum absolute atomic E-state index is 13.4.